The molecule has 0 saturated heterocycles. The molecule has 0 heterocycles. The minimum absolute atomic E-state index is 0.237. The normalized spacial score (nSPS) is 10.4. The van der Waals surface area contributed by atoms with Crippen molar-refractivity contribution >= 4 is 17.3 Å². The summed E-state index contributed by atoms with van der Waals surface area (Å²) in [5.74, 6) is -0.438. The van der Waals surface area contributed by atoms with Crippen LogP contribution in [0.2, 0.25) is 0 Å². The SMILES string of the molecule is Cc1cc(C)c(COC(=O)c2ccc(N)cc2N)c(C)c1. The maximum atomic E-state index is 12.1. The van der Waals surface area contributed by atoms with Gasteiger partial charge in [0.05, 0.1) is 5.56 Å². The van der Waals surface area contributed by atoms with Gasteiger partial charge in [-0.05, 0) is 55.7 Å². The second kappa shape index (κ2) is 5.87. The lowest BCUT2D eigenvalue weighted by molar-refractivity contribution is 0.0473. The lowest BCUT2D eigenvalue weighted by Crippen LogP contribution is -2.10. The predicted molar refractivity (Wildman–Crippen MR) is 85.0 cm³/mol. The van der Waals surface area contributed by atoms with Crippen LogP contribution in [-0.4, -0.2) is 5.97 Å². The van der Waals surface area contributed by atoms with Crippen LogP contribution in [0.5, 0.6) is 0 Å². The highest BCUT2D eigenvalue weighted by Crippen LogP contribution is 2.20. The van der Waals surface area contributed by atoms with Gasteiger partial charge in [-0.2, -0.15) is 0 Å². The number of rotatable bonds is 3. The van der Waals surface area contributed by atoms with E-state index in [2.05, 4.69) is 12.1 Å². The molecule has 0 amide bonds. The summed E-state index contributed by atoms with van der Waals surface area (Å²) in [6, 6.07) is 8.93. The fourth-order valence-electron chi connectivity index (χ4n) is 2.42. The molecule has 110 valence electrons. The van der Waals surface area contributed by atoms with Gasteiger partial charge in [0.15, 0.2) is 0 Å². The fraction of sp³-hybridized carbons (Fsp3) is 0.235. The van der Waals surface area contributed by atoms with Crippen LogP contribution in [0.15, 0.2) is 30.3 Å². The smallest absolute Gasteiger partial charge is 0.340 e. The van der Waals surface area contributed by atoms with Crippen LogP contribution in [-0.2, 0) is 11.3 Å². The minimum atomic E-state index is -0.438. The van der Waals surface area contributed by atoms with E-state index >= 15 is 0 Å². The summed E-state index contributed by atoms with van der Waals surface area (Å²) in [6.45, 7) is 6.31. The van der Waals surface area contributed by atoms with E-state index in [4.69, 9.17) is 16.2 Å². The van der Waals surface area contributed by atoms with Crippen LogP contribution in [0.1, 0.15) is 32.6 Å². The van der Waals surface area contributed by atoms with Crippen LogP contribution < -0.4 is 11.5 Å². The molecule has 0 atom stereocenters. The van der Waals surface area contributed by atoms with E-state index in [0.717, 1.165) is 16.7 Å². The summed E-state index contributed by atoms with van der Waals surface area (Å²) >= 11 is 0. The van der Waals surface area contributed by atoms with Gasteiger partial charge in [-0.25, -0.2) is 4.79 Å². The molecule has 0 aromatic heterocycles. The zero-order valence-electron chi connectivity index (χ0n) is 12.6. The van der Waals surface area contributed by atoms with Gasteiger partial charge in [0, 0.05) is 11.4 Å². The summed E-state index contributed by atoms with van der Waals surface area (Å²) in [5.41, 5.74) is 17.1. The number of nitrogens with two attached hydrogens (primary N) is 2. The van der Waals surface area contributed by atoms with Crippen molar-refractivity contribution in [1.82, 2.24) is 0 Å². The van der Waals surface area contributed by atoms with Gasteiger partial charge in [-0.3, -0.25) is 0 Å². The van der Waals surface area contributed by atoms with Gasteiger partial charge >= 0.3 is 5.97 Å². The Morgan fingerprint density at radius 2 is 1.67 bits per heavy atom. The van der Waals surface area contributed by atoms with E-state index in [1.54, 1.807) is 18.2 Å². The van der Waals surface area contributed by atoms with Crippen molar-refractivity contribution in [1.29, 1.82) is 0 Å². The van der Waals surface area contributed by atoms with Crippen molar-refractivity contribution in [2.45, 2.75) is 27.4 Å². The van der Waals surface area contributed by atoms with Crippen LogP contribution in [0, 0.1) is 20.8 Å². The molecule has 4 N–H and O–H groups in total. The first-order valence-electron chi connectivity index (χ1n) is 6.77. The highest BCUT2D eigenvalue weighted by atomic mass is 16.5. The number of nitrogen functional groups attached to an aromatic ring is 2. The molecule has 0 fully saturated rings. The Labute approximate surface area is 124 Å². The first-order chi connectivity index (χ1) is 9.88. The molecule has 0 saturated carbocycles. The highest BCUT2D eigenvalue weighted by Gasteiger charge is 2.13. The van der Waals surface area contributed by atoms with Crippen molar-refractivity contribution < 1.29 is 9.53 Å². The lowest BCUT2D eigenvalue weighted by atomic mass is 10.0. The third-order valence-corrected chi connectivity index (χ3v) is 3.48. The van der Waals surface area contributed by atoms with Crippen molar-refractivity contribution in [3.8, 4) is 0 Å². The molecule has 0 radical (unpaired) electrons. The molecule has 0 unspecified atom stereocenters. The molecule has 0 aliphatic heterocycles. The number of benzene rings is 2. The van der Waals surface area contributed by atoms with Gasteiger partial charge in [0.25, 0.3) is 0 Å². The monoisotopic (exact) mass is 284 g/mol. The zero-order chi connectivity index (χ0) is 15.6. The van der Waals surface area contributed by atoms with Crippen molar-refractivity contribution in [2.75, 3.05) is 11.5 Å². The van der Waals surface area contributed by atoms with E-state index in [0.29, 0.717) is 16.9 Å². The maximum Gasteiger partial charge on any atom is 0.340 e. The van der Waals surface area contributed by atoms with E-state index in [-0.39, 0.29) is 6.61 Å². The Bertz CT molecular complexity index is 670. The molecule has 0 aliphatic rings. The number of aryl methyl sites for hydroxylation is 3. The fourth-order valence-corrected chi connectivity index (χ4v) is 2.42. The summed E-state index contributed by atoms with van der Waals surface area (Å²) in [5, 5.41) is 0. The Morgan fingerprint density at radius 1 is 1.05 bits per heavy atom. The van der Waals surface area contributed by atoms with E-state index < -0.39 is 5.97 Å². The summed E-state index contributed by atoms with van der Waals surface area (Å²) < 4.78 is 5.38. The quantitative estimate of drug-likeness (QED) is 0.670. The zero-order valence-corrected chi connectivity index (χ0v) is 12.6. The van der Waals surface area contributed by atoms with E-state index in [1.807, 2.05) is 20.8 Å². The van der Waals surface area contributed by atoms with E-state index in [9.17, 15) is 4.79 Å². The van der Waals surface area contributed by atoms with Gasteiger partial charge in [0.1, 0.15) is 6.61 Å². The molecular formula is C17H20N2O2. The molecule has 21 heavy (non-hydrogen) atoms. The highest BCUT2D eigenvalue weighted by molar-refractivity contribution is 5.95. The third-order valence-electron chi connectivity index (χ3n) is 3.48. The molecular weight excluding hydrogens is 264 g/mol. The number of carbonyl (C=O) groups is 1. The number of carbonyl (C=O) groups excluding carboxylic acids is 1. The Kier molecular flexibility index (Phi) is 4.17. The second-order valence-corrected chi connectivity index (χ2v) is 5.30. The number of anilines is 2. The lowest BCUT2D eigenvalue weighted by Gasteiger charge is -2.12. The molecule has 0 aliphatic carbocycles. The maximum absolute atomic E-state index is 12.1. The Hall–Kier alpha value is -2.49. The average molecular weight is 284 g/mol. The van der Waals surface area contributed by atoms with Crippen LogP contribution in [0.25, 0.3) is 0 Å². The van der Waals surface area contributed by atoms with Gasteiger partial charge in [-0.1, -0.05) is 17.7 Å². The third kappa shape index (κ3) is 3.34. The molecule has 2 aromatic rings. The van der Waals surface area contributed by atoms with Crippen LogP contribution in [0.3, 0.4) is 0 Å². The van der Waals surface area contributed by atoms with Crippen molar-refractivity contribution in [3.63, 3.8) is 0 Å². The molecule has 2 aromatic carbocycles. The Morgan fingerprint density at radius 3 is 2.24 bits per heavy atom. The molecule has 4 heteroatoms. The van der Waals surface area contributed by atoms with E-state index in [1.165, 1.54) is 5.56 Å². The molecule has 0 bridgehead atoms. The largest absolute Gasteiger partial charge is 0.457 e. The summed E-state index contributed by atoms with van der Waals surface area (Å²) in [7, 11) is 0. The summed E-state index contributed by atoms with van der Waals surface area (Å²) in [6.07, 6.45) is 0. The topological polar surface area (TPSA) is 78.3 Å². The molecule has 4 nitrogen and oxygen atoms in total. The summed E-state index contributed by atoms with van der Waals surface area (Å²) in [4.78, 5) is 12.1. The Balaban J connectivity index is 2.15. The average Bonchev–Trinajstić information content (AvgIpc) is 2.36. The number of hydrogen-bond acceptors (Lipinski definition) is 4. The molecule has 2 rings (SSSR count). The van der Waals surface area contributed by atoms with Crippen molar-refractivity contribution in [2.24, 2.45) is 0 Å². The minimum Gasteiger partial charge on any atom is -0.457 e. The number of esters is 1. The van der Waals surface area contributed by atoms with Crippen LogP contribution in [0.4, 0.5) is 11.4 Å². The van der Waals surface area contributed by atoms with Gasteiger partial charge in [0.2, 0.25) is 0 Å². The number of hydrogen-bond donors (Lipinski definition) is 2. The van der Waals surface area contributed by atoms with Gasteiger partial charge < -0.3 is 16.2 Å². The van der Waals surface area contributed by atoms with Crippen molar-refractivity contribution in [3.05, 3.63) is 58.1 Å². The molecule has 0 spiro atoms. The van der Waals surface area contributed by atoms with Crippen LogP contribution >= 0.6 is 0 Å². The second-order valence-electron chi connectivity index (χ2n) is 5.30. The number of ether oxygens (including phenoxy) is 1. The standard InChI is InChI=1S/C17H20N2O2/c1-10-6-11(2)15(12(3)7-10)9-21-17(20)14-5-4-13(18)8-16(14)19/h4-8H,9,18-19H2,1-3H3. The predicted octanol–water partition coefficient (Wildman–Crippen LogP) is 3.13. The van der Waals surface area contributed by atoms with Gasteiger partial charge in [-0.15, -0.1) is 0 Å². The first kappa shape index (κ1) is 14.9. The first-order valence-corrected chi connectivity index (χ1v) is 6.77.